The molecule has 0 aliphatic carbocycles. The van der Waals surface area contributed by atoms with Crippen LogP contribution < -0.4 is 15.4 Å². The van der Waals surface area contributed by atoms with Crippen molar-refractivity contribution in [3.8, 4) is 5.75 Å². The molecule has 1 heterocycles. The third kappa shape index (κ3) is 3.10. The number of piperazine rings is 1. The molecule has 0 spiro atoms. The summed E-state index contributed by atoms with van der Waals surface area (Å²) in [5.41, 5.74) is 7.38. The summed E-state index contributed by atoms with van der Waals surface area (Å²) in [7, 11) is -1.51. The second-order valence-corrected chi connectivity index (χ2v) is 6.56. The second kappa shape index (κ2) is 5.26. The van der Waals surface area contributed by atoms with Crippen molar-refractivity contribution in [2.45, 2.75) is 0 Å². The van der Waals surface area contributed by atoms with E-state index in [0.717, 1.165) is 5.69 Å². The van der Waals surface area contributed by atoms with Gasteiger partial charge in [0.1, 0.15) is 5.75 Å². The van der Waals surface area contributed by atoms with E-state index in [0.29, 0.717) is 37.6 Å². The van der Waals surface area contributed by atoms with Crippen LogP contribution in [0.2, 0.25) is 0 Å². The van der Waals surface area contributed by atoms with Crippen LogP contribution in [0.3, 0.4) is 0 Å². The number of benzene rings is 1. The zero-order valence-corrected chi connectivity index (χ0v) is 12.0. The van der Waals surface area contributed by atoms with Crippen molar-refractivity contribution < 1.29 is 13.2 Å². The first-order valence-electron chi connectivity index (χ1n) is 6.05. The van der Waals surface area contributed by atoms with Crippen LogP contribution in [0, 0.1) is 0 Å². The molecule has 1 aromatic rings. The molecule has 0 saturated carbocycles. The number of nitrogen functional groups attached to an aromatic ring is 1. The summed E-state index contributed by atoms with van der Waals surface area (Å²) in [6.07, 6.45) is 1.24. The molecule has 2 rings (SSSR count). The van der Waals surface area contributed by atoms with E-state index in [1.165, 1.54) is 10.6 Å². The summed E-state index contributed by atoms with van der Waals surface area (Å²) >= 11 is 0. The standard InChI is InChI=1S/C12H19N3O3S/c1-18-12-9-10(3-4-11(12)13)14-5-7-15(8-6-14)19(2,16)17/h3-4,9H,5-8,13H2,1-2H3. The van der Waals surface area contributed by atoms with Crippen LogP contribution >= 0.6 is 0 Å². The van der Waals surface area contributed by atoms with Crippen LogP contribution in [0.4, 0.5) is 11.4 Å². The molecule has 1 saturated heterocycles. The van der Waals surface area contributed by atoms with Gasteiger partial charge in [0.2, 0.25) is 10.0 Å². The Balaban J connectivity index is 2.10. The lowest BCUT2D eigenvalue weighted by molar-refractivity contribution is 0.387. The number of anilines is 2. The molecule has 0 amide bonds. The van der Waals surface area contributed by atoms with Crippen molar-refractivity contribution >= 4 is 21.4 Å². The van der Waals surface area contributed by atoms with Crippen molar-refractivity contribution in [3.05, 3.63) is 18.2 Å². The van der Waals surface area contributed by atoms with Crippen molar-refractivity contribution in [1.29, 1.82) is 0 Å². The van der Waals surface area contributed by atoms with Gasteiger partial charge in [-0.15, -0.1) is 0 Å². The number of rotatable bonds is 3. The molecular weight excluding hydrogens is 266 g/mol. The zero-order valence-electron chi connectivity index (χ0n) is 11.2. The number of nitrogens with two attached hydrogens (primary N) is 1. The maximum atomic E-state index is 11.4. The SMILES string of the molecule is COc1cc(N2CCN(S(C)(=O)=O)CC2)ccc1N. The van der Waals surface area contributed by atoms with Gasteiger partial charge >= 0.3 is 0 Å². The molecule has 0 radical (unpaired) electrons. The zero-order chi connectivity index (χ0) is 14.0. The highest BCUT2D eigenvalue weighted by Crippen LogP contribution is 2.28. The lowest BCUT2D eigenvalue weighted by atomic mass is 10.2. The fourth-order valence-electron chi connectivity index (χ4n) is 2.17. The summed E-state index contributed by atoms with van der Waals surface area (Å²) in [5.74, 6) is 0.642. The van der Waals surface area contributed by atoms with Crippen molar-refractivity contribution in [2.75, 3.05) is 50.2 Å². The molecule has 2 N–H and O–H groups in total. The highest BCUT2D eigenvalue weighted by atomic mass is 32.2. The quantitative estimate of drug-likeness (QED) is 0.812. The van der Waals surface area contributed by atoms with Crippen LogP contribution in [0.1, 0.15) is 0 Å². The Morgan fingerprint density at radius 1 is 1.21 bits per heavy atom. The van der Waals surface area contributed by atoms with E-state index < -0.39 is 10.0 Å². The summed E-state index contributed by atoms with van der Waals surface area (Å²) in [5, 5.41) is 0. The van der Waals surface area contributed by atoms with E-state index in [9.17, 15) is 8.42 Å². The monoisotopic (exact) mass is 285 g/mol. The smallest absolute Gasteiger partial charge is 0.211 e. The molecule has 0 bridgehead atoms. The number of hydrogen-bond donors (Lipinski definition) is 1. The highest BCUT2D eigenvalue weighted by molar-refractivity contribution is 7.88. The lowest BCUT2D eigenvalue weighted by Crippen LogP contribution is -2.48. The van der Waals surface area contributed by atoms with Crippen LogP contribution in [0.25, 0.3) is 0 Å². The maximum absolute atomic E-state index is 11.4. The molecule has 1 aromatic carbocycles. The highest BCUT2D eigenvalue weighted by Gasteiger charge is 2.23. The predicted octanol–water partition coefficient (Wildman–Crippen LogP) is 0.359. The summed E-state index contributed by atoms with van der Waals surface area (Å²) < 4.78 is 29.6. The number of sulfonamides is 1. The van der Waals surface area contributed by atoms with Gasteiger partial charge in [0.05, 0.1) is 19.1 Å². The number of ether oxygens (including phenoxy) is 1. The predicted molar refractivity (Wildman–Crippen MR) is 76.0 cm³/mol. The van der Waals surface area contributed by atoms with E-state index in [1.807, 2.05) is 12.1 Å². The molecule has 19 heavy (non-hydrogen) atoms. The van der Waals surface area contributed by atoms with Gasteiger partial charge in [0.15, 0.2) is 0 Å². The Labute approximate surface area is 113 Å². The molecule has 1 fully saturated rings. The number of hydrogen-bond acceptors (Lipinski definition) is 5. The Morgan fingerprint density at radius 2 is 1.84 bits per heavy atom. The Kier molecular flexibility index (Phi) is 3.86. The van der Waals surface area contributed by atoms with E-state index in [4.69, 9.17) is 10.5 Å². The van der Waals surface area contributed by atoms with E-state index in [1.54, 1.807) is 13.2 Å². The van der Waals surface area contributed by atoms with Gasteiger partial charge in [0.25, 0.3) is 0 Å². The number of methoxy groups -OCH3 is 1. The third-order valence-corrected chi connectivity index (χ3v) is 4.59. The molecule has 1 aliphatic heterocycles. The summed E-state index contributed by atoms with van der Waals surface area (Å²) in [6, 6.07) is 5.61. The van der Waals surface area contributed by atoms with Crippen molar-refractivity contribution in [2.24, 2.45) is 0 Å². The van der Waals surface area contributed by atoms with E-state index in [2.05, 4.69) is 4.90 Å². The largest absolute Gasteiger partial charge is 0.495 e. The normalized spacial score (nSPS) is 17.5. The van der Waals surface area contributed by atoms with Crippen LogP contribution in [0.5, 0.6) is 5.75 Å². The summed E-state index contributed by atoms with van der Waals surface area (Å²) in [4.78, 5) is 2.13. The first kappa shape index (κ1) is 14.0. The molecule has 0 aromatic heterocycles. The molecule has 6 nitrogen and oxygen atoms in total. The van der Waals surface area contributed by atoms with E-state index >= 15 is 0 Å². The Morgan fingerprint density at radius 3 is 2.37 bits per heavy atom. The lowest BCUT2D eigenvalue weighted by Gasteiger charge is -2.34. The fourth-order valence-corrected chi connectivity index (χ4v) is 3.00. The molecule has 0 unspecified atom stereocenters. The van der Waals surface area contributed by atoms with Crippen molar-refractivity contribution in [1.82, 2.24) is 4.31 Å². The van der Waals surface area contributed by atoms with Gasteiger partial charge in [-0.2, -0.15) is 4.31 Å². The minimum Gasteiger partial charge on any atom is -0.495 e. The molecule has 106 valence electrons. The Hall–Kier alpha value is -1.47. The molecular formula is C12H19N3O3S. The first-order chi connectivity index (χ1) is 8.91. The van der Waals surface area contributed by atoms with Crippen LogP contribution in [-0.4, -0.2) is 52.3 Å². The van der Waals surface area contributed by atoms with Gasteiger partial charge in [0, 0.05) is 37.9 Å². The van der Waals surface area contributed by atoms with Crippen LogP contribution in [0.15, 0.2) is 18.2 Å². The summed E-state index contributed by atoms with van der Waals surface area (Å²) in [6.45, 7) is 2.34. The average molecular weight is 285 g/mol. The molecule has 7 heteroatoms. The topological polar surface area (TPSA) is 75.9 Å². The van der Waals surface area contributed by atoms with Crippen molar-refractivity contribution in [3.63, 3.8) is 0 Å². The fraction of sp³-hybridized carbons (Fsp3) is 0.500. The third-order valence-electron chi connectivity index (χ3n) is 3.29. The second-order valence-electron chi connectivity index (χ2n) is 4.58. The van der Waals surface area contributed by atoms with Crippen LogP contribution in [-0.2, 0) is 10.0 Å². The average Bonchev–Trinajstić information content (AvgIpc) is 2.38. The first-order valence-corrected chi connectivity index (χ1v) is 7.90. The van der Waals surface area contributed by atoms with Gasteiger partial charge in [-0.1, -0.05) is 0 Å². The van der Waals surface area contributed by atoms with Gasteiger partial charge in [-0.3, -0.25) is 0 Å². The maximum Gasteiger partial charge on any atom is 0.211 e. The Bertz CT molecular complexity index is 551. The molecule has 0 atom stereocenters. The minimum absolute atomic E-state index is 0.505. The molecule has 1 aliphatic rings. The van der Waals surface area contributed by atoms with E-state index in [-0.39, 0.29) is 0 Å². The number of nitrogens with zero attached hydrogens (tertiary/aromatic N) is 2. The van der Waals surface area contributed by atoms with Gasteiger partial charge in [-0.25, -0.2) is 8.42 Å². The van der Waals surface area contributed by atoms with Gasteiger partial charge in [-0.05, 0) is 12.1 Å². The van der Waals surface area contributed by atoms with Gasteiger partial charge < -0.3 is 15.4 Å². The minimum atomic E-state index is -3.09.